The average molecular weight is 700 g/mol. The summed E-state index contributed by atoms with van der Waals surface area (Å²) in [5.74, 6) is 1.94. The molecule has 9 aromatic carbocycles. The second-order valence-corrected chi connectivity index (χ2v) is 14.3. The molecule has 0 radical (unpaired) electrons. The maximum absolute atomic E-state index is 5.18. The molecule has 0 aliphatic heterocycles. The number of rotatable bonds is 5. The lowest BCUT2D eigenvalue weighted by atomic mass is 9.66. The molecule has 0 bridgehead atoms. The molecule has 3 nitrogen and oxygen atoms in total. The van der Waals surface area contributed by atoms with Crippen molar-refractivity contribution in [2.24, 2.45) is 0 Å². The number of benzene rings is 9. The van der Waals surface area contributed by atoms with Gasteiger partial charge in [-0.3, -0.25) is 0 Å². The molecule has 55 heavy (non-hydrogen) atoms. The predicted octanol–water partition coefficient (Wildman–Crippen LogP) is 12.7. The Balaban J connectivity index is 1.17. The third kappa shape index (κ3) is 4.73. The van der Waals surface area contributed by atoms with Crippen molar-refractivity contribution in [2.45, 2.75) is 5.41 Å². The third-order valence-electron chi connectivity index (χ3n) is 11.4. The van der Waals surface area contributed by atoms with Gasteiger partial charge >= 0.3 is 0 Å². The van der Waals surface area contributed by atoms with Crippen LogP contribution in [-0.2, 0) is 5.41 Å². The number of nitrogens with zero attached hydrogens (tertiary/aromatic N) is 3. The van der Waals surface area contributed by atoms with Crippen LogP contribution in [0.25, 0.3) is 77.6 Å². The molecule has 1 aliphatic rings. The lowest BCUT2D eigenvalue weighted by Gasteiger charge is -2.35. The average Bonchev–Trinajstić information content (AvgIpc) is 3.59. The van der Waals surface area contributed by atoms with Crippen molar-refractivity contribution in [1.82, 2.24) is 15.0 Å². The molecule has 0 amide bonds. The molecule has 1 heterocycles. The third-order valence-corrected chi connectivity index (χ3v) is 11.4. The van der Waals surface area contributed by atoms with Gasteiger partial charge in [-0.15, -0.1) is 0 Å². The maximum Gasteiger partial charge on any atom is 0.164 e. The molecule has 3 heteroatoms. The molecule has 11 rings (SSSR count). The first-order chi connectivity index (χ1) is 27.3. The lowest BCUT2D eigenvalue weighted by molar-refractivity contribution is 0.776. The van der Waals surface area contributed by atoms with Gasteiger partial charge in [-0.2, -0.15) is 0 Å². The normalized spacial score (nSPS) is 14.6. The van der Waals surface area contributed by atoms with E-state index in [-0.39, 0.29) is 0 Å². The first kappa shape index (κ1) is 31.3. The van der Waals surface area contributed by atoms with Crippen molar-refractivity contribution in [3.05, 3.63) is 222 Å². The molecule has 0 saturated carbocycles. The summed E-state index contributed by atoms with van der Waals surface area (Å²) in [6.45, 7) is 0. The van der Waals surface area contributed by atoms with E-state index in [1.165, 1.54) is 54.9 Å². The van der Waals surface area contributed by atoms with Crippen molar-refractivity contribution in [3.8, 4) is 45.3 Å². The van der Waals surface area contributed by atoms with Gasteiger partial charge in [0, 0.05) is 16.7 Å². The monoisotopic (exact) mass is 699 g/mol. The highest BCUT2D eigenvalue weighted by molar-refractivity contribution is 6.19. The Morgan fingerprint density at radius 3 is 1.55 bits per heavy atom. The van der Waals surface area contributed by atoms with Crippen molar-refractivity contribution < 1.29 is 0 Å². The van der Waals surface area contributed by atoms with Gasteiger partial charge in [0.15, 0.2) is 17.5 Å². The highest BCUT2D eigenvalue weighted by Gasteiger charge is 2.47. The molecule has 1 aromatic heterocycles. The summed E-state index contributed by atoms with van der Waals surface area (Å²) >= 11 is 0. The molecule has 1 aliphatic carbocycles. The summed E-state index contributed by atoms with van der Waals surface area (Å²) in [4.78, 5) is 15.3. The largest absolute Gasteiger partial charge is 0.208 e. The molecule has 256 valence electrons. The van der Waals surface area contributed by atoms with Crippen molar-refractivity contribution >= 4 is 32.3 Å². The van der Waals surface area contributed by atoms with Gasteiger partial charge in [0.1, 0.15) is 0 Å². The molecule has 10 aromatic rings. The van der Waals surface area contributed by atoms with Crippen LogP contribution in [0, 0.1) is 0 Å². The highest BCUT2D eigenvalue weighted by atomic mass is 15.0. The Hall–Kier alpha value is -7.23. The van der Waals surface area contributed by atoms with Gasteiger partial charge in [0.2, 0.25) is 0 Å². The number of aromatic nitrogens is 3. The number of hydrogen-bond acceptors (Lipinski definition) is 3. The highest BCUT2D eigenvalue weighted by Crippen LogP contribution is 2.60. The lowest BCUT2D eigenvalue weighted by Crippen LogP contribution is -2.28. The van der Waals surface area contributed by atoms with Gasteiger partial charge in [-0.1, -0.05) is 200 Å². The predicted molar refractivity (Wildman–Crippen MR) is 226 cm³/mol. The standard InChI is InChI=1S/C52H33N3/c1-3-17-35(18-4-1)49-53-50(55-51(54-49)44-28-15-19-34-16-7-8-22-39(34)44)36-30-32-38(33-31-36)52(37-20-5-2-6-21-37)46-29-14-13-27-45(46)47-42-25-11-9-23-40(42)41-24-10-12-26-43(41)48(47)52/h1-33H. The summed E-state index contributed by atoms with van der Waals surface area (Å²) in [5, 5.41) is 7.34. The topological polar surface area (TPSA) is 38.7 Å². The zero-order valence-electron chi connectivity index (χ0n) is 29.9. The fourth-order valence-corrected chi connectivity index (χ4v) is 9.06. The minimum absolute atomic E-state index is 0.572. The van der Waals surface area contributed by atoms with Gasteiger partial charge in [0.05, 0.1) is 5.41 Å². The number of fused-ring (bicyclic) bond motifs is 9. The Morgan fingerprint density at radius 1 is 0.309 bits per heavy atom. The second-order valence-electron chi connectivity index (χ2n) is 14.3. The van der Waals surface area contributed by atoms with Crippen LogP contribution >= 0.6 is 0 Å². The van der Waals surface area contributed by atoms with E-state index >= 15 is 0 Å². The minimum Gasteiger partial charge on any atom is -0.208 e. The first-order valence-electron chi connectivity index (χ1n) is 18.8. The van der Waals surface area contributed by atoms with Crippen molar-refractivity contribution in [2.75, 3.05) is 0 Å². The van der Waals surface area contributed by atoms with Crippen molar-refractivity contribution in [1.29, 1.82) is 0 Å². The fourth-order valence-electron chi connectivity index (χ4n) is 9.06. The van der Waals surface area contributed by atoms with Crippen LogP contribution in [0.4, 0.5) is 0 Å². The molecular weight excluding hydrogens is 667 g/mol. The molecule has 0 saturated heterocycles. The summed E-state index contributed by atoms with van der Waals surface area (Å²) < 4.78 is 0. The Kier molecular flexibility index (Phi) is 7.08. The molecule has 0 fully saturated rings. The van der Waals surface area contributed by atoms with E-state index in [1.807, 2.05) is 18.2 Å². The molecule has 0 N–H and O–H groups in total. The van der Waals surface area contributed by atoms with Gasteiger partial charge in [-0.25, -0.2) is 15.0 Å². The van der Waals surface area contributed by atoms with Crippen molar-refractivity contribution in [3.63, 3.8) is 0 Å². The number of hydrogen-bond donors (Lipinski definition) is 0. The zero-order chi connectivity index (χ0) is 36.3. The Labute approximate surface area is 319 Å². The Bertz CT molecular complexity index is 3080. The van der Waals surface area contributed by atoms with Crippen LogP contribution in [-0.4, -0.2) is 15.0 Å². The van der Waals surface area contributed by atoms with Crippen LogP contribution in [0.5, 0.6) is 0 Å². The quantitative estimate of drug-likeness (QED) is 0.168. The van der Waals surface area contributed by atoms with Gasteiger partial charge < -0.3 is 0 Å². The minimum atomic E-state index is -0.572. The second kappa shape index (κ2) is 12.4. The van der Waals surface area contributed by atoms with Crippen LogP contribution in [0.3, 0.4) is 0 Å². The summed E-state index contributed by atoms with van der Waals surface area (Å²) in [6.07, 6.45) is 0. The van der Waals surface area contributed by atoms with Crippen LogP contribution in [0.1, 0.15) is 22.3 Å². The summed E-state index contributed by atoms with van der Waals surface area (Å²) in [5.41, 5.74) is 9.92. The first-order valence-corrected chi connectivity index (χ1v) is 18.8. The smallest absolute Gasteiger partial charge is 0.164 e. The van der Waals surface area contributed by atoms with E-state index < -0.39 is 5.41 Å². The molecule has 0 spiro atoms. The SMILES string of the molecule is c1ccc(-c2nc(-c3ccc(C4(c5ccccc5)c5ccccc5-c5c4c4ccccc4c4ccccc54)cc3)nc(-c3cccc4ccccc34)n2)cc1. The van der Waals surface area contributed by atoms with E-state index in [1.54, 1.807) is 0 Å². The Morgan fingerprint density at radius 2 is 0.800 bits per heavy atom. The summed E-state index contributed by atoms with van der Waals surface area (Å²) in [6, 6.07) is 71.7. The zero-order valence-corrected chi connectivity index (χ0v) is 29.9. The fraction of sp³-hybridized carbons (Fsp3) is 0.0192. The van der Waals surface area contributed by atoms with Crippen LogP contribution < -0.4 is 0 Å². The van der Waals surface area contributed by atoms with Crippen LogP contribution in [0.2, 0.25) is 0 Å². The molecule has 1 atom stereocenters. The molecule has 1 unspecified atom stereocenters. The van der Waals surface area contributed by atoms with E-state index in [0.29, 0.717) is 17.5 Å². The maximum atomic E-state index is 5.18. The van der Waals surface area contributed by atoms with E-state index in [0.717, 1.165) is 27.5 Å². The van der Waals surface area contributed by atoms with Gasteiger partial charge in [0.25, 0.3) is 0 Å². The molecular formula is C52H33N3. The van der Waals surface area contributed by atoms with Crippen LogP contribution in [0.15, 0.2) is 200 Å². The van der Waals surface area contributed by atoms with Gasteiger partial charge in [-0.05, 0) is 65.7 Å². The van der Waals surface area contributed by atoms with E-state index in [2.05, 4.69) is 182 Å². The van der Waals surface area contributed by atoms with E-state index in [4.69, 9.17) is 15.0 Å². The van der Waals surface area contributed by atoms with E-state index in [9.17, 15) is 0 Å². The summed E-state index contributed by atoms with van der Waals surface area (Å²) in [7, 11) is 0.